The predicted octanol–water partition coefficient (Wildman–Crippen LogP) is 4.87. The molecule has 0 spiro atoms. The Morgan fingerprint density at radius 1 is 1.09 bits per heavy atom. The second kappa shape index (κ2) is 9.98. The van der Waals surface area contributed by atoms with Crippen LogP contribution in [0.15, 0.2) is 59.4 Å². The molecule has 168 valence electrons. The summed E-state index contributed by atoms with van der Waals surface area (Å²) in [6, 6.07) is 17.1. The summed E-state index contributed by atoms with van der Waals surface area (Å²) in [4.78, 5) is 33.3. The van der Waals surface area contributed by atoms with E-state index in [1.807, 2.05) is 68.4 Å². The number of hydrogen-bond acceptors (Lipinski definition) is 3. The molecule has 4 rings (SSSR count). The van der Waals surface area contributed by atoms with Gasteiger partial charge < -0.3 is 10.2 Å². The Morgan fingerprint density at radius 2 is 1.78 bits per heavy atom. The summed E-state index contributed by atoms with van der Waals surface area (Å²) in [6.07, 6.45) is 5.63. The number of amides is 2. The highest BCUT2D eigenvalue weighted by molar-refractivity contribution is 5.78. The highest BCUT2D eigenvalue weighted by Crippen LogP contribution is 2.22. The molecule has 1 N–H and O–H groups in total. The lowest BCUT2D eigenvalue weighted by atomic mass is 9.96. The molecule has 6 heteroatoms. The van der Waals surface area contributed by atoms with E-state index in [1.165, 1.54) is 6.42 Å². The Morgan fingerprint density at radius 3 is 2.50 bits per heavy atom. The molecule has 0 saturated heterocycles. The number of rotatable bonds is 6. The average Bonchev–Trinajstić information content (AvgIpc) is 2.82. The quantitative estimate of drug-likeness (QED) is 0.604. The van der Waals surface area contributed by atoms with Crippen molar-refractivity contribution in [2.45, 2.75) is 64.6 Å². The van der Waals surface area contributed by atoms with E-state index in [1.54, 1.807) is 9.47 Å². The van der Waals surface area contributed by atoms with E-state index < -0.39 is 0 Å². The molecule has 1 heterocycles. The van der Waals surface area contributed by atoms with Gasteiger partial charge in [0.2, 0.25) is 0 Å². The van der Waals surface area contributed by atoms with Crippen LogP contribution in [0.5, 0.6) is 0 Å². The fourth-order valence-electron chi connectivity index (χ4n) is 4.66. The van der Waals surface area contributed by atoms with Crippen LogP contribution in [0.1, 0.15) is 63.4 Å². The average molecular weight is 433 g/mol. The first-order valence-corrected chi connectivity index (χ1v) is 11.7. The Bertz CT molecular complexity index is 1120. The minimum Gasteiger partial charge on any atom is -0.335 e. The second-order valence-electron chi connectivity index (χ2n) is 8.61. The van der Waals surface area contributed by atoms with Gasteiger partial charge in [0, 0.05) is 12.6 Å². The standard InChI is InChI=1S/C26H32N4O2/c1-3-29(26(32)27-21-14-8-5-9-15-21)19(2)24-28-23-17-11-10-16-22(23)25(31)30(24)18-20-12-6-4-7-13-20/h4,6-7,10-13,16-17,19,21H,3,5,8-9,14-15,18H2,1-2H3,(H,27,32). The lowest BCUT2D eigenvalue weighted by Crippen LogP contribution is -2.47. The highest BCUT2D eigenvalue weighted by Gasteiger charge is 2.27. The lowest BCUT2D eigenvalue weighted by Gasteiger charge is -2.32. The molecule has 1 aliphatic rings. The van der Waals surface area contributed by atoms with Gasteiger partial charge in [-0.25, -0.2) is 9.78 Å². The van der Waals surface area contributed by atoms with Crippen molar-refractivity contribution >= 4 is 16.9 Å². The van der Waals surface area contributed by atoms with Gasteiger partial charge in [-0.15, -0.1) is 0 Å². The van der Waals surface area contributed by atoms with Crippen molar-refractivity contribution in [3.8, 4) is 0 Å². The zero-order chi connectivity index (χ0) is 22.5. The lowest BCUT2D eigenvalue weighted by molar-refractivity contribution is 0.171. The molecule has 1 aromatic heterocycles. The van der Waals surface area contributed by atoms with Crippen molar-refractivity contribution in [1.29, 1.82) is 0 Å². The second-order valence-corrected chi connectivity index (χ2v) is 8.61. The number of nitrogens with zero attached hydrogens (tertiary/aromatic N) is 3. The first-order chi connectivity index (χ1) is 15.6. The van der Waals surface area contributed by atoms with Gasteiger partial charge in [-0.05, 0) is 44.4 Å². The van der Waals surface area contributed by atoms with Crippen LogP contribution in [0.3, 0.4) is 0 Å². The van der Waals surface area contributed by atoms with Crippen molar-refractivity contribution in [3.05, 3.63) is 76.3 Å². The van der Waals surface area contributed by atoms with E-state index in [0.29, 0.717) is 29.8 Å². The molecule has 32 heavy (non-hydrogen) atoms. The minimum absolute atomic E-state index is 0.0787. The molecular formula is C26H32N4O2. The van der Waals surface area contributed by atoms with E-state index in [0.717, 1.165) is 31.2 Å². The van der Waals surface area contributed by atoms with Gasteiger partial charge in [-0.1, -0.05) is 61.7 Å². The van der Waals surface area contributed by atoms with Gasteiger partial charge >= 0.3 is 6.03 Å². The largest absolute Gasteiger partial charge is 0.335 e. The number of hydrogen-bond donors (Lipinski definition) is 1. The fraction of sp³-hybridized carbons (Fsp3) is 0.423. The first kappa shape index (κ1) is 22.1. The normalized spacial score (nSPS) is 15.4. The molecule has 1 fully saturated rings. The number of urea groups is 1. The fourth-order valence-corrected chi connectivity index (χ4v) is 4.66. The van der Waals surface area contributed by atoms with Crippen molar-refractivity contribution in [3.63, 3.8) is 0 Å². The summed E-state index contributed by atoms with van der Waals surface area (Å²) in [5, 5.41) is 3.81. The molecule has 1 atom stereocenters. The van der Waals surface area contributed by atoms with Gasteiger partial charge in [0.25, 0.3) is 5.56 Å². The molecule has 0 radical (unpaired) electrons. The first-order valence-electron chi connectivity index (χ1n) is 11.7. The van der Waals surface area contributed by atoms with Crippen molar-refractivity contribution in [2.75, 3.05) is 6.54 Å². The van der Waals surface area contributed by atoms with Crippen LogP contribution in [0.2, 0.25) is 0 Å². The van der Waals surface area contributed by atoms with E-state index in [9.17, 15) is 9.59 Å². The van der Waals surface area contributed by atoms with Crippen molar-refractivity contribution in [2.24, 2.45) is 0 Å². The zero-order valence-corrected chi connectivity index (χ0v) is 19.0. The molecule has 2 aromatic carbocycles. The Kier molecular flexibility index (Phi) is 6.88. The van der Waals surface area contributed by atoms with Gasteiger partial charge in [-0.3, -0.25) is 9.36 Å². The van der Waals surface area contributed by atoms with Gasteiger partial charge in [0.1, 0.15) is 5.82 Å². The third-order valence-corrected chi connectivity index (χ3v) is 6.45. The monoisotopic (exact) mass is 432 g/mol. The van der Waals surface area contributed by atoms with E-state index in [-0.39, 0.29) is 23.7 Å². The molecular weight excluding hydrogens is 400 g/mol. The number of para-hydroxylation sites is 1. The van der Waals surface area contributed by atoms with Crippen LogP contribution in [0.4, 0.5) is 4.79 Å². The number of fused-ring (bicyclic) bond motifs is 1. The van der Waals surface area contributed by atoms with Gasteiger partial charge in [0.05, 0.1) is 23.5 Å². The van der Waals surface area contributed by atoms with Crippen LogP contribution in [-0.2, 0) is 6.54 Å². The molecule has 0 bridgehead atoms. The SMILES string of the molecule is CCN(C(=O)NC1CCCCC1)C(C)c1nc2ccccc2c(=O)n1Cc1ccccc1. The highest BCUT2D eigenvalue weighted by atomic mass is 16.2. The summed E-state index contributed by atoms with van der Waals surface area (Å²) in [6.45, 7) is 4.88. The summed E-state index contributed by atoms with van der Waals surface area (Å²) in [7, 11) is 0. The minimum atomic E-state index is -0.343. The van der Waals surface area contributed by atoms with Crippen molar-refractivity contribution < 1.29 is 4.79 Å². The molecule has 1 unspecified atom stereocenters. The summed E-state index contributed by atoms with van der Waals surface area (Å²) < 4.78 is 1.72. The van der Waals surface area contributed by atoms with E-state index >= 15 is 0 Å². The number of aromatic nitrogens is 2. The predicted molar refractivity (Wildman–Crippen MR) is 128 cm³/mol. The summed E-state index contributed by atoms with van der Waals surface area (Å²) >= 11 is 0. The van der Waals surface area contributed by atoms with Crippen LogP contribution in [0.25, 0.3) is 10.9 Å². The topological polar surface area (TPSA) is 67.2 Å². The number of nitrogens with one attached hydrogen (secondary N) is 1. The van der Waals surface area contributed by atoms with Crippen LogP contribution in [-0.4, -0.2) is 33.1 Å². The Hall–Kier alpha value is -3.15. The molecule has 3 aromatic rings. The molecule has 6 nitrogen and oxygen atoms in total. The summed E-state index contributed by atoms with van der Waals surface area (Å²) in [5.74, 6) is 0.609. The van der Waals surface area contributed by atoms with Crippen molar-refractivity contribution in [1.82, 2.24) is 19.8 Å². The molecule has 1 saturated carbocycles. The van der Waals surface area contributed by atoms with Gasteiger partial charge in [0.15, 0.2) is 0 Å². The number of carbonyl (C=O) groups is 1. The number of carbonyl (C=O) groups excluding carboxylic acids is 1. The maximum Gasteiger partial charge on any atom is 0.318 e. The van der Waals surface area contributed by atoms with Crippen LogP contribution < -0.4 is 10.9 Å². The van der Waals surface area contributed by atoms with E-state index in [4.69, 9.17) is 4.98 Å². The maximum atomic E-state index is 13.5. The summed E-state index contributed by atoms with van der Waals surface area (Å²) in [5.41, 5.74) is 1.60. The molecule has 1 aliphatic carbocycles. The zero-order valence-electron chi connectivity index (χ0n) is 19.0. The van der Waals surface area contributed by atoms with Crippen LogP contribution >= 0.6 is 0 Å². The van der Waals surface area contributed by atoms with E-state index in [2.05, 4.69) is 5.32 Å². The van der Waals surface area contributed by atoms with Crippen LogP contribution in [0, 0.1) is 0 Å². The van der Waals surface area contributed by atoms with Gasteiger partial charge in [-0.2, -0.15) is 0 Å². The third kappa shape index (κ3) is 4.69. The Labute approximate surface area is 189 Å². The Balaban J connectivity index is 1.71. The number of benzene rings is 2. The molecule has 0 aliphatic heterocycles. The molecule has 2 amide bonds. The maximum absolute atomic E-state index is 13.5. The third-order valence-electron chi connectivity index (χ3n) is 6.45. The smallest absolute Gasteiger partial charge is 0.318 e.